The van der Waals surface area contributed by atoms with Crippen molar-refractivity contribution in [1.29, 1.82) is 0 Å². The smallest absolute Gasteiger partial charge is 0.251 e. The summed E-state index contributed by atoms with van der Waals surface area (Å²) in [5.74, 6) is 0.316. The number of halogens is 3. The maximum absolute atomic E-state index is 13.3. The number of nitrogens with one attached hydrogen (secondary N) is 2. The van der Waals surface area contributed by atoms with Crippen LogP contribution in [0.2, 0.25) is 0 Å². The number of aliphatic hydroxyl groups is 2. The van der Waals surface area contributed by atoms with Crippen molar-refractivity contribution < 1.29 is 37.8 Å². The minimum Gasteiger partial charge on any atom is -0.391 e. The number of anilines is 1. The second-order valence-corrected chi connectivity index (χ2v) is 9.00. The Kier molecular flexibility index (Phi) is 10.6. The third-order valence-electron chi connectivity index (χ3n) is 5.85. The molecular weight excluding hydrogens is 525 g/mol. The minimum atomic E-state index is -1.52. The quantitative estimate of drug-likeness (QED) is 0.227. The molecule has 0 aliphatic carbocycles. The number of amides is 2. The molecule has 2 amide bonds. The Morgan fingerprint density at radius 3 is 1.98 bits per heavy atom. The number of benzene rings is 3. The maximum atomic E-state index is 13.3. The molecule has 0 saturated carbocycles. The van der Waals surface area contributed by atoms with E-state index in [1.807, 2.05) is 0 Å². The molecule has 0 saturated heterocycles. The normalized spacial score (nSPS) is 12.1. The molecule has 0 heterocycles. The molecule has 0 radical (unpaired) electrons. The molecule has 0 spiro atoms. The molecule has 3 aromatic carbocycles. The fourth-order valence-corrected chi connectivity index (χ4v) is 3.71. The number of carbonyl (C=O) groups is 3. The summed E-state index contributed by atoms with van der Waals surface area (Å²) in [7, 11) is 0. The zero-order chi connectivity index (χ0) is 29.2. The van der Waals surface area contributed by atoms with Gasteiger partial charge in [-0.1, -0.05) is 11.8 Å². The molecule has 3 rings (SSSR count). The van der Waals surface area contributed by atoms with Crippen LogP contribution in [0.1, 0.15) is 46.8 Å². The molecule has 0 bridgehead atoms. The number of aliphatic hydroxyl groups excluding tert-OH is 2. The lowest BCUT2D eigenvalue weighted by atomic mass is 10.1. The lowest BCUT2D eigenvalue weighted by Gasteiger charge is -2.19. The number of ketones is 1. The van der Waals surface area contributed by atoms with Crippen LogP contribution < -0.4 is 10.6 Å². The monoisotopic (exact) mass is 552 g/mol. The van der Waals surface area contributed by atoms with Crippen molar-refractivity contribution in [2.45, 2.75) is 38.3 Å². The molecule has 10 heteroatoms. The van der Waals surface area contributed by atoms with E-state index in [1.165, 1.54) is 19.1 Å². The SMILES string of the molecule is C[C@@H](O)[C@H](NC(=O)c1ccc(C#Cc2ccc(NC(=O)CCCc3cc(F)c(F)c(F)c3)cc2)cc1)C(=O)CO. The second-order valence-electron chi connectivity index (χ2n) is 9.00. The van der Waals surface area contributed by atoms with Crippen molar-refractivity contribution >= 4 is 23.3 Å². The summed E-state index contributed by atoms with van der Waals surface area (Å²) in [4.78, 5) is 36.3. The molecular formula is C30H27F3N2O5. The number of rotatable bonds is 10. The molecule has 0 aliphatic heterocycles. The van der Waals surface area contributed by atoms with Gasteiger partial charge in [-0.25, -0.2) is 13.2 Å². The zero-order valence-corrected chi connectivity index (χ0v) is 21.5. The Morgan fingerprint density at radius 1 is 0.900 bits per heavy atom. The van der Waals surface area contributed by atoms with Gasteiger partial charge in [0.05, 0.1) is 6.10 Å². The largest absolute Gasteiger partial charge is 0.391 e. The van der Waals surface area contributed by atoms with Gasteiger partial charge in [0.1, 0.15) is 12.6 Å². The van der Waals surface area contributed by atoms with Crippen LogP contribution in [0.15, 0.2) is 60.7 Å². The van der Waals surface area contributed by atoms with Gasteiger partial charge < -0.3 is 20.8 Å². The van der Waals surface area contributed by atoms with Crippen molar-refractivity contribution in [2.24, 2.45) is 0 Å². The molecule has 3 aromatic rings. The average molecular weight is 553 g/mol. The molecule has 0 fully saturated rings. The highest BCUT2D eigenvalue weighted by Crippen LogP contribution is 2.16. The summed E-state index contributed by atoms with van der Waals surface area (Å²) >= 11 is 0. The van der Waals surface area contributed by atoms with Gasteiger partial charge in [0, 0.05) is 28.8 Å². The van der Waals surface area contributed by atoms with Gasteiger partial charge in [-0.15, -0.1) is 0 Å². The van der Waals surface area contributed by atoms with Crippen molar-refractivity contribution in [3.8, 4) is 11.8 Å². The van der Waals surface area contributed by atoms with Gasteiger partial charge in [-0.05, 0) is 86.0 Å². The topological polar surface area (TPSA) is 116 Å². The molecule has 0 aliphatic rings. The Hall–Kier alpha value is -4.46. The molecule has 208 valence electrons. The van der Waals surface area contributed by atoms with Crippen LogP contribution in [0.5, 0.6) is 0 Å². The molecule has 4 N–H and O–H groups in total. The predicted octanol–water partition coefficient (Wildman–Crippen LogP) is 3.51. The second kappa shape index (κ2) is 14.1. The minimum absolute atomic E-state index is 0.105. The van der Waals surface area contributed by atoms with E-state index in [0.29, 0.717) is 23.2 Å². The van der Waals surface area contributed by atoms with E-state index in [4.69, 9.17) is 5.11 Å². The van der Waals surface area contributed by atoms with E-state index in [9.17, 15) is 32.7 Å². The Bertz CT molecular complexity index is 1410. The van der Waals surface area contributed by atoms with E-state index >= 15 is 0 Å². The summed E-state index contributed by atoms with van der Waals surface area (Å²) in [5, 5.41) is 23.8. The molecule has 2 atom stereocenters. The fraction of sp³-hybridized carbons (Fsp3) is 0.233. The van der Waals surface area contributed by atoms with Crippen molar-refractivity contribution in [3.63, 3.8) is 0 Å². The van der Waals surface area contributed by atoms with Gasteiger partial charge >= 0.3 is 0 Å². The number of Topliss-reactive ketones (excluding diaryl/α,β-unsaturated/α-hetero) is 1. The third-order valence-corrected chi connectivity index (χ3v) is 5.85. The van der Waals surface area contributed by atoms with Crippen LogP contribution in [0.25, 0.3) is 0 Å². The first kappa shape index (κ1) is 30.1. The van der Waals surface area contributed by atoms with Gasteiger partial charge in [-0.3, -0.25) is 14.4 Å². The maximum Gasteiger partial charge on any atom is 0.251 e. The summed E-state index contributed by atoms with van der Waals surface area (Å²) in [6, 6.07) is 13.7. The summed E-state index contributed by atoms with van der Waals surface area (Å²) in [6.07, 6.45) is -0.524. The highest BCUT2D eigenvalue weighted by molar-refractivity contribution is 5.98. The standard InChI is InChI=1S/C30H27F3N2O5/c1-18(37)29(26(38)17-36)35-30(40)22-11-7-19(8-12-22)5-6-20-9-13-23(14-10-20)34-27(39)4-2-3-21-15-24(31)28(33)25(32)16-21/h7-16,18,29,36-37H,2-4,17H2,1H3,(H,34,39)(H,35,40)/t18-,29+/m1/s1. The van der Waals surface area contributed by atoms with E-state index in [0.717, 1.165) is 12.1 Å². The van der Waals surface area contributed by atoms with E-state index < -0.39 is 47.9 Å². The average Bonchev–Trinajstić information content (AvgIpc) is 2.93. The van der Waals surface area contributed by atoms with Crippen LogP contribution in [-0.2, 0) is 16.0 Å². The summed E-state index contributed by atoms with van der Waals surface area (Å²) in [6.45, 7) is 0.535. The number of aryl methyl sites for hydroxylation is 1. The number of hydrogen-bond acceptors (Lipinski definition) is 5. The van der Waals surface area contributed by atoms with Crippen LogP contribution in [0, 0.1) is 29.3 Å². The first-order valence-electron chi connectivity index (χ1n) is 12.3. The summed E-state index contributed by atoms with van der Waals surface area (Å²) < 4.78 is 39.6. The van der Waals surface area contributed by atoms with Crippen molar-refractivity contribution in [3.05, 3.63) is 100 Å². The Morgan fingerprint density at radius 2 is 1.45 bits per heavy atom. The molecule has 0 aromatic heterocycles. The van der Waals surface area contributed by atoms with Crippen LogP contribution in [-0.4, -0.2) is 46.6 Å². The van der Waals surface area contributed by atoms with Gasteiger partial charge in [0.25, 0.3) is 5.91 Å². The highest BCUT2D eigenvalue weighted by atomic mass is 19.2. The van der Waals surface area contributed by atoms with Crippen LogP contribution in [0.4, 0.5) is 18.9 Å². The van der Waals surface area contributed by atoms with Crippen LogP contribution in [0.3, 0.4) is 0 Å². The zero-order valence-electron chi connectivity index (χ0n) is 21.5. The predicted molar refractivity (Wildman–Crippen MR) is 142 cm³/mol. The van der Waals surface area contributed by atoms with Gasteiger partial charge in [-0.2, -0.15) is 0 Å². The highest BCUT2D eigenvalue weighted by Gasteiger charge is 2.25. The first-order chi connectivity index (χ1) is 19.1. The van der Waals surface area contributed by atoms with Gasteiger partial charge in [0.15, 0.2) is 23.2 Å². The lowest BCUT2D eigenvalue weighted by Crippen LogP contribution is -2.48. The van der Waals surface area contributed by atoms with Crippen molar-refractivity contribution in [2.75, 3.05) is 11.9 Å². The summed E-state index contributed by atoms with van der Waals surface area (Å²) in [5.41, 5.74) is 2.35. The Balaban J connectivity index is 1.50. The molecule has 0 unspecified atom stereocenters. The lowest BCUT2D eigenvalue weighted by molar-refractivity contribution is -0.126. The third kappa shape index (κ3) is 8.53. The van der Waals surface area contributed by atoms with E-state index in [2.05, 4.69) is 22.5 Å². The molecule has 40 heavy (non-hydrogen) atoms. The Labute approximate surface area is 229 Å². The number of carbonyl (C=O) groups excluding carboxylic acids is 3. The van der Waals surface area contributed by atoms with E-state index in [1.54, 1.807) is 36.4 Å². The van der Waals surface area contributed by atoms with E-state index in [-0.39, 0.29) is 29.9 Å². The van der Waals surface area contributed by atoms with Crippen molar-refractivity contribution in [1.82, 2.24) is 5.32 Å². The first-order valence-corrected chi connectivity index (χ1v) is 12.3. The van der Waals surface area contributed by atoms with Crippen LogP contribution >= 0.6 is 0 Å². The molecule has 7 nitrogen and oxygen atoms in total. The van der Waals surface area contributed by atoms with Gasteiger partial charge in [0.2, 0.25) is 5.91 Å². The number of hydrogen-bond donors (Lipinski definition) is 4. The fourth-order valence-electron chi connectivity index (χ4n) is 3.71.